The predicted octanol–water partition coefficient (Wildman–Crippen LogP) is 1.43. The normalized spacial score (nSPS) is 25.5. The molecule has 0 aromatic carbocycles. The molecule has 0 spiro atoms. The number of primary amides is 1. The summed E-state index contributed by atoms with van der Waals surface area (Å²) in [6.07, 6.45) is 5.02. The SMILES string of the molecule is CC(C)(C[C@H]1C=C[C@H](CO)C1)OC(N)=O. The molecule has 0 saturated carbocycles. The number of rotatable bonds is 4. The van der Waals surface area contributed by atoms with Crippen LogP contribution in [0.4, 0.5) is 4.79 Å². The fraction of sp³-hybridized carbons (Fsp3) is 0.727. The number of aliphatic hydroxyl groups is 1. The number of amides is 1. The van der Waals surface area contributed by atoms with E-state index in [0.717, 1.165) is 12.8 Å². The minimum absolute atomic E-state index is 0.185. The summed E-state index contributed by atoms with van der Waals surface area (Å²) in [6.45, 7) is 3.87. The van der Waals surface area contributed by atoms with E-state index in [4.69, 9.17) is 15.6 Å². The van der Waals surface area contributed by atoms with Crippen LogP contribution in [0.3, 0.4) is 0 Å². The average Bonchev–Trinajstić information content (AvgIpc) is 2.48. The zero-order chi connectivity index (χ0) is 11.5. The zero-order valence-corrected chi connectivity index (χ0v) is 9.27. The second kappa shape index (κ2) is 4.66. The minimum atomic E-state index is -0.735. The Kier molecular flexibility index (Phi) is 3.74. The third kappa shape index (κ3) is 3.91. The van der Waals surface area contributed by atoms with Gasteiger partial charge in [0, 0.05) is 12.5 Å². The summed E-state index contributed by atoms with van der Waals surface area (Å²) in [6, 6.07) is 0. The van der Waals surface area contributed by atoms with Gasteiger partial charge in [-0.15, -0.1) is 0 Å². The van der Waals surface area contributed by atoms with Gasteiger partial charge in [0.05, 0.1) is 0 Å². The first-order valence-electron chi connectivity index (χ1n) is 5.20. The Morgan fingerprint density at radius 2 is 2.13 bits per heavy atom. The van der Waals surface area contributed by atoms with Crippen molar-refractivity contribution in [1.29, 1.82) is 0 Å². The van der Waals surface area contributed by atoms with Crippen LogP contribution < -0.4 is 5.73 Å². The van der Waals surface area contributed by atoms with Crippen molar-refractivity contribution in [3.8, 4) is 0 Å². The van der Waals surface area contributed by atoms with Crippen molar-refractivity contribution in [2.45, 2.75) is 32.3 Å². The van der Waals surface area contributed by atoms with Gasteiger partial charge in [-0.25, -0.2) is 4.79 Å². The molecule has 4 nitrogen and oxygen atoms in total. The van der Waals surface area contributed by atoms with E-state index in [2.05, 4.69) is 6.08 Å². The van der Waals surface area contributed by atoms with Gasteiger partial charge in [-0.1, -0.05) is 12.2 Å². The molecule has 0 aromatic heterocycles. The van der Waals surface area contributed by atoms with Crippen molar-refractivity contribution in [2.75, 3.05) is 6.61 Å². The zero-order valence-electron chi connectivity index (χ0n) is 9.27. The summed E-state index contributed by atoms with van der Waals surface area (Å²) in [5, 5.41) is 8.97. The van der Waals surface area contributed by atoms with Crippen LogP contribution in [0.1, 0.15) is 26.7 Å². The number of carbonyl (C=O) groups excluding carboxylic acids is 1. The summed E-state index contributed by atoms with van der Waals surface area (Å²) in [7, 11) is 0. The lowest BCUT2D eigenvalue weighted by atomic mass is 9.91. The van der Waals surface area contributed by atoms with E-state index in [0.29, 0.717) is 5.92 Å². The molecule has 1 aliphatic rings. The molecule has 3 N–H and O–H groups in total. The van der Waals surface area contributed by atoms with Crippen LogP contribution in [0.15, 0.2) is 12.2 Å². The molecular formula is C11H19NO3. The summed E-state index contributed by atoms with van der Waals surface area (Å²) >= 11 is 0. The number of carbonyl (C=O) groups is 1. The van der Waals surface area contributed by atoms with E-state index in [1.165, 1.54) is 0 Å². The Bertz CT molecular complexity index is 261. The predicted molar refractivity (Wildman–Crippen MR) is 57.2 cm³/mol. The molecule has 86 valence electrons. The van der Waals surface area contributed by atoms with Gasteiger partial charge in [0.2, 0.25) is 0 Å². The highest BCUT2D eigenvalue weighted by atomic mass is 16.6. The molecule has 0 aromatic rings. The van der Waals surface area contributed by atoms with E-state index >= 15 is 0 Å². The Balaban J connectivity index is 2.42. The minimum Gasteiger partial charge on any atom is -0.444 e. The van der Waals surface area contributed by atoms with E-state index in [9.17, 15) is 4.79 Å². The number of nitrogens with two attached hydrogens (primary N) is 1. The average molecular weight is 213 g/mol. The number of hydrogen-bond acceptors (Lipinski definition) is 3. The standard InChI is InChI=1S/C11H19NO3/c1-11(2,15-10(12)14)6-8-3-4-9(5-8)7-13/h3-4,8-9,13H,5-7H2,1-2H3,(H2,12,14)/t8-,9-/m0/s1. The molecule has 4 heteroatoms. The first-order valence-corrected chi connectivity index (χ1v) is 5.20. The fourth-order valence-electron chi connectivity index (χ4n) is 2.09. The van der Waals surface area contributed by atoms with Crippen LogP contribution in [0.5, 0.6) is 0 Å². The van der Waals surface area contributed by atoms with Gasteiger partial charge in [0.25, 0.3) is 0 Å². The van der Waals surface area contributed by atoms with Crippen molar-refractivity contribution in [1.82, 2.24) is 0 Å². The molecule has 0 radical (unpaired) electrons. The van der Waals surface area contributed by atoms with Gasteiger partial charge in [0.1, 0.15) is 5.60 Å². The maximum absolute atomic E-state index is 10.7. The van der Waals surface area contributed by atoms with Gasteiger partial charge < -0.3 is 15.6 Å². The van der Waals surface area contributed by atoms with Crippen molar-refractivity contribution in [3.05, 3.63) is 12.2 Å². The van der Waals surface area contributed by atoms with Crippen LogP contribution in [0.25, 0.3) is 0 Å². The fourth-order valence-corrected chi connectivity index (χ4v) is 2.09. The smallest absolute Gasteiger partial charge is 0.405 e. The molecule has 0 saturated heterocycles. The van der Waals surface area contributed by atoms with Crippen molar-refractivity contribution < 1.29 is 14.6 Å². The molecule has 2 atom stereocenters. The van der Waals surface area contributed by atoms with E-state index < -0.39 is 11.7 Å². The monoisotopic (exact) mass is 213 g/mol. The number of allylic oxidation sites excluding steroid dienone is 1. The molecule has 1 amide bonds. The lowest BCUT2D eigenvalue weighted by molar-refractivity contribution is 0.0297. The highest BCUT2D eigenvalue weighted by molar-refractivity contribution is 5.65. The molecular weight excluding hydrogens is 194 g/mol. The molecule has 0 bridgehead atoms. The topological polar surface area (TPSA) is 72.6 Å². The Labute approximate surface area is 90.1 Å². The van der Waals surface area contributed by atoms with Crippen molar-refractivity contribution in [3.63, 3.8) is 0 Å². The van der Waals surface area contributed by atoms with E-state index in [-0.39, 0.29) is 12.5 Å². The van der Waals surface area contributed by atoms with Crippen LogP contribution in [-0.2, 0) is 4.74 Å². The molecule has 0 heterocycles. The molecule has 1 aliphatic carbocycles. The van der Waals surface area contributed by atoms with Crippen molar-refractivity contribution >= 4 is 6.09 Å². The van der Waals surface area contributed by atoms with Crippen LogP contribution in [-0.4, -0.2) is 23.4 Å². The molecule has 15 heavy (non-hydrogen) atoms. The summed E-state index contributed by atoms with van der Waals surface area (Å²) < 4.78 is 5.01. The lowest BCUT2D eigenvalue weighted by Gasteiger charge is -2.26. The van der Waals surface area contributed by atoms with E-state index in [1.54, 1.807) is 0 Å². The van der Waals surface area contributed by atoms with Gasteiger partial charge in [-0.3, -0.25) is 0 Å². The van der Waals surface area contributed by atoms with E-state index in [1.807, 2.05) is 19.9 Å². The first kappa shape index (κ1) is 12.0. The van der Waals surface area contributed by atoms with Gasteiger partial charge in [0.15, 0.2) is 0 Å². The number of ether oxygens (including phenoxy) is 1. The second-order valence-electron chi connectivity index (χ2n) is 4.71. The molecule has 0 unspecified atom stereocenters. The third-order valence-corrected chi connectivity index (χ3v) is 2.63. The Morgan fingerprint density at radius 3 is 2.60 bits per heavy atom. The number of hydrogen-bond donors (Lipinski definition) is 2. The van der Waals surface area contributed by atoms with Crippen LogP contribution in [0.2, 0.25) is 0 Å². The highest BCUT2D eigenvalue weighted by Gasteiger charge is 2.28. The number of aliphatic hydroxyl groups excluding tert-OH is 1. The summed E-state index contributed by atoms with van der Waals surface area (Å²) in [4.78, 5) is 10.7. The van der Waals surface area contributed by atoms with Crippen LogP contribution in [0, 0.1) is 11.8 Å². The molecule has 0 aliphatic heterocycles. The first-order chi connectivity index (χ1) is 6.93. The second-order valence-corrected chi connectivity index (χ2v) is 4.71. The largest absolute Gasteiger partial charge is 0.444 e. The van der Waals surface area contributed by atoms with Gasteiger partial charge >= 0.3 is 6.09 Å². The Morgan fingerprint density at radius 1 is 1.53 bits per heavy atom. The maximum Gasteiger partial charge on any atom is 0.405 e. The molecule has 0 fully saturated rings. The van der Waals surface area contributed by atoms with Gasteiger partial charge in [-0.2, -0.15) is 0 Å². The van der Waals surface area contributed by atoms with Crippen molar-refractivity contribution in [2.24, 2.45) is 17.6 Å². The highest BCUT2D eigenvalue weighted by Crippen LogP contribution is 2.31. The third-order valence-electron chi connectivity index (χ3n) is 2.63. The van der Waals surface area contributed by atoms with Crippen LogP contribution >= 0.6 is 0 Å². The summed E-state index contributed by atoms with van der Waals surface area (Å²) in [5.74, 6) is 0.607. The maximum atomic E-state index is 10.7. The lowest BCUT2D eigenvalue weighted by Crippen LogP contribution is -2.32. The Hall–Kier alpha value is -1.03. The van der Waals surface area contributed by atoms with Gasteiger partial charge in [-0.05, 0) is 32.6 Å². The quantitative estimate of drug-likeness (QED) is 0.694. The molecule has 1 rings (SSSR count). The summed E-state index contributed by atoms with van der Waals surface area (Å²) in [5.41, 5.74) is 4.45.